The van der Waals surface area contributed by atoms with E-state index in [1.54, 1.807) is 97.4 Å². The van der Waals surface area contributed by atoms with E-state index >= 15 is 0 Å². The van der Waals surface area contributed by atoms with Crippen LogP contribution in [0.4, 0.5) is 18.9 Å². The number of primary sulfonamides is 1. The molecule has 0 saturated carbocycles. The minimum Gasteiger partial charge on any atom is -0.386 e. The molecule has 0 amide bonds. The Morgan fingerprint density at radius 3 is 1.22 bits per heavy atom. The summed E-state index contributed by atoms with van der Waals surface area (Å²) in [5.41, 5.74) is 5.30. The third-order valence-corrected chi connectivity index (χ3v) is 16.0. The number of rotatable bonds is 7. The van der Waals surface area contributed by atoms with E-state index in [1.165, 1.54) is 24.3 Å². The molecule has 0 fully saturated rings. The molecule has 0 saturated heterocycles. The van der Waals surface area contributed by atoms with Crippen LogP contribution in [0, 0.1) is 35.5 Å². The average molecular weight is 1270 g/mol. The van der Waals surface area contributed by atoms with Crippen molar-refractivity contribution in [3.8, 4) is 68.9 Å². The highest BCUT2D eigenvalue weighted by molar-refractivity contribution is 7.93. The van der Waals surface area contributed by atoms with Crippen LogP contribution in [0.2, 0.25) is 15.1 Å². The van der Waals surface area contributed by atoms with E-state index in [-0.39, 0.29) is 16.1 Å². The number of benzene rings is 9. The van der Waals surface area contributed by atoms with Gasteiger partial charge in [0.1, 0.15) is 0 Å². The molecule has 0 atom stereocenters. The Hall–Kier alpha value is -9.65. The molecule has 88 heavy (non-hydrogen) atoms. The van der Waals surface area contributed by atoms with Crippen molar-refractivity contribution in [2.24, 2.45) is 5.14 Å². The number of nitrogens with zero attached hydrogens (tertiary/aromatic N) is 3. The number of sulfonamides is 2. The Kier molecular flexibility index (Phi) is 18.0. The van der Waals surface area contributed by atoms with Gasteiger partial charge < -0.3 is 20.1 Å². The van der Waals surface area contributed by atoms with Crippen LogP contribution in [-0.4, -0.2) is 57.4 Å². The number of halogens is 6. The number of H-pyrrole nitrogens is 3. The number of para-hydroxylation sites is 1. The van der Waals surface area contributed by atoms with Gasteiger partial charge in [0.2, 0.25) is 10.0 Å². The van der Waals surface area contributed by atoms with Crippen LogP contribution in [0.5, 0.6) is 0 Å². The molecular formula is C67H46Cl3F3N8O5S2. The molecule has 0 aliphatic rings. The highest BCUT2D eigenvalue weighted by Gasteiger charge is 2.46. The van der Waals surface area contributed by atoms with Gasteiger partial charge >= 0.3 is 15.5 Å². The normalized spacial score (nSPS) is 11.4. The van der Waals surface area contributed by atoms with Gasteiger partial charge in [-0.1, -0.05) is 131 Å². The first kappa shape index (κ1) is 61.4. The molecule has 0 bridgehead atoms. The summed E-state index contributed by atoms with van der Waals surface area (Å²) < 4.78 is 86.8. The maximum atomic E-state index is 12.8. The first-order chi connectivity index (χ1) is 41.9. The van der Waals surface area contributed by atoms with Crippen molar-refractivity contribution in [3.63, 3.8) is 0 Å². The molecule has 12 aromatic rings. The number of alkyl halides is 3. The van der Waals surface area contributed by atoms with Gasteiger partial charge in [-0.05, 0) is 181 Å². The molecule has 7 N–H and O–H groups in total. The Morgan fingerprint density at radius 1 is 0.466 bits per heavy atom. The van der Waals surface area contributed by atoms with Gasteiger partial charge in [0.25, 0.3) is 0 Å². The van der Waals surface area contributed by atoms with Crippen LogP contribution < -0.4 is 9.86 Å². The lowest BCUT2D eigenvalue weighted by molar-refractivity contribution is -0.0429. The van der Waals surface area contributed by atoms with Crippen molar-refractivity contribution in [2.75, 3.05) is 4.72 Å². The number of aromatic nitrogens is 6. The number of hydrogen-bond acceptors (Lipinski definition) is 8. The molecule has 13 nitrogen and oxygen atoms in total. The van der Waals surface area contributed by atoms with Gasteiger partial charge in [-0.3, -0.25) is 4.72 Å². The second kappa shape index (κ2) is 25.7. The SMILES string of the molecule is CC(C)(O)c1ccccc1-c1ccc2nc(C#Cc3ccc(Cl)cc3)[nH]c2c1.NS(=O)(=O)c1ccccc1-c1ccc2nc(C#Cc3ccc(Cl)cc3)[nH]c2c1.O=S(=O)(Nc1ccccc1-c1ccc2nc(C#Cc3ccc(Cl)cc3)[nH]c2c1)C(F)(F)F. The first-order valence-corrected chi connectivity index (χ1v) is 30.5. The molecule has 0 unspecified atom stereocenters. The lowest BCUT2D eigenvalue weighted by Crippen LogP contribution is -2.30. The Labute approximate surface area is 518 Å². The van der Waals surface area contributed by atoms with Crippen molar-refractivity contribution in [2.45, 2.75) is 29.9 Å². The molecule has 3 heterocycles. The number of imidazole rings is 3. The summed E-state index contributed by atoms with van der Waals surface area (Å²) in [6.45, 7) is 3.59. The van der Waals surface area contributed by atoms with E-state index in [1.807, 2.05) is 97.1 Å². The van der Waals surface area contributed by atoms with Crippen LogP contribution in [0.3, 0.4) is 0 Å². The molecule has 12 rings (SSSR count). The van der Waals surface area contributed by atoms with Crippen LogP contribution >= 0.6 is 34.8 Å². The zero-order chi connectivity index (χ0) is 62.4. The summed E-state index contributed by atoms with van der Waals surface area (Å²) in [6.07, 6.45) is 0. The smallest absolute Gasteiger partial charge is 0.386 e. The van der Waals surface area contributed by atoms with Crippen LogP contribution in [0.25, 0.3) is 66.5 Å². The lowest BCUT2D eigenvalue weighted by Gasteiger charge is -2.21. The van der Waals surface area contributed by atoms with Gasteiger partial charge in [-0.15, -0.1) is 0 Å². The standard InChI is InChI=1S/C24H19ClN2O.C22H13ClF3N3O2S.C21H14ClN3O2S/c1-24(2,28)20-6-4-3-5-19(20)17-10-13-21-22(15-17)27-23(26-21)14-9-16-7-11-18(25)12-8-16;23-16-9-5-14(6-10-16)7-12-21-27-19-11-8-15(13-20(19)28-21)17-3-1-2-4-18(17)29-32(30,31)22(24,25)26;22-16-9-5-14(6-10-16)7-12-21-24-18-11-8-15(13-19(18)25-21)17-3-1-2-4-20(17)28(23,26)27/h3-8,10-13,15,28H,1-2H3,(H,26,27);1-6,8-11,13,29H,(H,27,28);1-6,8-11,13H,(H,24,25)(H2,23,26,27). The number of aromatic amines is 3. The molecule has 0 aliphatic carbocycles. The highest BCUT2D eigenvalue weighted by atomic mass is 35.5. The quantitative estimate of drug-likeness (QED) is 0.0843. The summed E-state index contributed by atoms with van der Waals surface area (Å²) in [5, 5.41) is 17.8. The number of fused-ring (bicyclic) bond motifs is 3. The topological polar surface area (TPSA) is 213 Å². The predicted molar refractivity (Wildman–Crippen MR) is 342 cm³/mol. The van der Waals surface area contributed by atoms with Crippen molar-refractivity contribution in [1.82, 2.24) is 29.9 Å². The van der Waals surface area contributed by atoms with Gasteiger partial charge in [0.05, 0.1) is 49.3 Å². The molecule has 0 spiro atoms. The van der Waals surface area contributed by atoms with E-state index in [4.69, 9.17) is 39.9 Å². The van der Waals surface area contributed by atoms with E-state index in [0.29, 0.717) is 54.7 Å². The molecule has 438 valence electrons. The van der Waals surface area contributed by atoms with E-state index in [0.717, 1.165) is 61.0 Å². The zero-order valence-electron chi connectivity index (χ0n) is 46.1. The second-order valence-electron chi connectivity index (χ2n) is 20.0. The largest absolute Gasteiger partial charge is 0.516 e. The fourth-order valence-corrected chi connectivity index (χ4v) is 10.7. The molecule has 21 heteroatoms. The minimum absolute atomic E-state index is 0.0802. The maximum Gasteiger partial charge on any atom is 0.516 e. The summed E-state index contributed by atoms with van der Waals surface area (Å²) >= 11 is 17.6. The van der Waals surface area contributed by atoms with Crippen molar-refractivity contribution in [1.29, 1.82) is 0 Å². The van der Waals surface area contributed by atoms with E-state index in [9.17, 15) is 35.1 Å². The Balaban J connectivity index is 0.000000146. The Bertz CT molecular complexity index is 5030. The average Bonchev–Trinajstić information content (AvgIpc) is 1.93. The van der Waals surface area contributed by atoms with Crippen LogP contribution in [0.15, 0.2) is 205 Å². The summed E-state index contributed by atoms with van der Waals surface area (Å²) in [6, 6.07) is 58.4. The van der Waals surface area contributed by atoms with Gasteiger partial charge in [0, 0.05) is 42.9 Å². The third kappa shape index (κ3) is 15.1. The van der Waals surface area contributed by atoms with E-state index in [2.05, 4.69) is 65.4 Å². The second-order valence-corrected chi connectivity index (χ2v) is 24.5. The third-order valence-electron chi connectivity index (χ3n) is 13.1. The first-order valence-electron chi connectivity index (χ1n) is 26.4. The fraction of sp³-hybridized carbons (Fsp3) is 0.0597. The number of nitrogens with one attached hydrogen (secondary N) is 4. The minimum atomic E-state index is -5.55. The maximum absolute atomic E-state index is 12.8. The number of anilines is 1. The number of nitrogens with two attached hydrogens (primary N) is 1. The fourth-order valence-electron chi connectivity index (χ4n) is 8.95. The summed E-state index contributed by atoms with van der Waals surface area (Å²) in [4.78, 5) is 22.9. The van der Waals surface area contributed by atoms with E-state index < -0.39 is 31.2 Å². The molecule has 0 aliphatic heterocycles. The monoisotopic (exact) mass is 1270 g/mol. The van der Waals surface area contributed by atoms with Gasteiger partial charge in [-0.25, -0.2) is 28.5 Å². The Morgan fingerprint density at radius 2 is 0.818 bits per heavy atom. The van der Waals surface area contributed by atoms with Crippen LogP contribution in [-0.2, 0) is 25.6 Å². The molecule has 9 aromatic carbocycles. The van der Waals surface area contributed by atoms with Gasteiger partial charge in [-0.2, -0.15) is 21.6 Å². The van der Waals surface area contributed by atoms with Crippen molar-refractivity contribution >= 4 is 93.6 Å². The highest BCUT2D eigenvalue weighted by Crippen LogP contribution is 2.35. The molecular weight excluding hydrogens is 1220 g/mol. The summed E-state index contributed by atoms with van der Waals surface area (Å²) in [5.74, 6) is 19.6. The van der Waals surface area contributed by atoms with Crippen molar-refractivity contribution in [3.05, 3.63) is 255 Å². The van der Waals surface area contributed by atoms with Crippen molar-refractivity contribution < 1.29 is 35.1 Å². The van der Waals surface area contributed by atoms with Gasteiger partial charge in [0.15, 0.2) is 17.5 Å². The lowest BCUT2D eigenvalue weighted by atomic mass is 9.89. The predicted octanol–water partition coefficient (Wildman–Crippen LogP) is 15.0. The molecule has 3 aromatic heterocycles. The number of hydrogen-bond donors (Lipinski definition) is 6. The zero-order valence-corrected chi connectivity index (χ0v) is 50.0. The van der Waals surface area contributed by atoms with Crippen LogP contribution in [0.1, 0.15) is 53.6 Å². The number of aliphatic hydroxyl groups is 1. The summed E-state index contributed by atoms with van der Waals surface area (Å²) in [7, 11) is -9.38. The molecule has 0 radical (unpaired) electrons.